The van der Waals surface area contributed by atoms with Crippen molar-refractivity contribution in [2.45, 2.75) is 32.6 Å². The molecule has 0 amide bonds. The quantitative estimate of drug-likeness (QED) is 0.888. The molecule has 1 saturated heterocycles. The number of anilines is 1. The molecule has 5 heteroatoms. The maximum absolute atomic E-state index is 5.60. The molecule has 0 spiro atoms. The van der Waals surface area contributed by atoms with E-state index in [2.05, 4.69) is 10.3 Å². The Bertz CT molecular complexity index is 386. The van der Waals surface area contributed by atoms with Crippen LogP contribution >= 0.6 is 0 Å². The third-order valence-corrected chi connectivity index (χ3v) is 2.68. The predicted octanol–water partition coefficient (Wildman–Crippen LogP) is 2.04. The molecular formula is C13H20N2O3. The number of rotatable bonds is 4. The van der Waals surface area contributed by atoms with Gasteiger partial charge in [-0.05, 0) is 32.9 Å². The minimum Gasteiger partial charge on any atom is -0.476 e. The maximum Gasteiger partial charge on any atom is 0.237 e. The standard InChI is InChI=1S/C13H20N2O3/c1-4-16-12-11(6-5-7-14-12)15-10-8-17-13(2,3)18-9-10/h5-7,10,15H,4,8-9H2,1-3H3. The van der Waals surface area contributed by atoms with Crippen LogP contribution in [0.5, 0.6) is 5.88 Å². The summed E-state index contributed by atoms with van der Waals surface area (Å²) in [6, 6.07) is 3.93. The van der Waals surface area contributed by atoms with E-state index >= 15 is 0 Å². The highest BCUT2D eigenvalue weighted by molar-refractivity contribution is 5.52. The number of hydrogen-bond acceptors (Lipinski definition) is 5. The van der Waals surface area contributed by atoms with Crippen LogP contribution in [0.2, 0.25) is 0 Å². The van der Waals surface area contributed by atoms with Crippen LogP contribution in [0, 0.1) is 0 Å². The van der Waals surface area contributed by atoms with E-state index in [-0.39, 0.29) is 6.04 Å². The van der Waals surface area contributed by atoms with Crippen LogP contribution in [-0.2, 0) is 9.47 Å². The van der Waals surface area contributed by atoms with Gasteiger partial charge in [-0.2, -0.15) is 0 Å². The molecule has 1 aromatic rings. The van der Waals surface area contributed by atoms with Crippen molar-refractivity contribution < 1.29 is 14.2 Å². The van der Waals surface area contributed by atoms with Gasteiger partial charge in [-0.15, -0.1) is 0 Å². The van der Waals surface area contributed by atoms with Crippen LogP contribution in [0.3, 0.4) is 0 Å². The van der Waals surface area contributed by atoms with Crippen molar-refractivity contribution >= 4 is 5.69 Å². The third kappa shape index (κ3) is 3.34. The van der Waals surface area contributed by atoms with Gasteiger partial charge in [0.15, 0.2) is 5.79 Å². The summed E-state index contributed by atoms with van der Waals surface area (Å²) in [5, 5.41) is 3.33. The lowest BCUT2D eigenvalue weighted by molar-refractivity contribution is -0.247. The van der Waals surface area contributed by atoms with Crippen molar-refractivity contribution in [1.82, 2.24) is 4.98 Å². The van der Waals surface area contributed by atoms with E-state index in [1.807, 2.05) is 32.9 Å². The Kier molecular flexibility index (Phi) is 4.04. The normalized spacial score (nSPS) is 19.5. The Hall–Kier alpha value is -1.33. The zero-order valence-corrected chi connectivity index (χ0v) is 11.1. The van der Waals surface area contributed by atoms with Gasteiger partial charge in [-0.1, -0.05) is 0 Å². The van der Waals surface area contributed by atoms with Crippen LogP contribution in [0.1, 0.15) is 20.8 Å². The molecule has 1 aromatic heterocycles. The third-order valence-electron chi connectivity index (χ3n) is 2.68. The summed E-state index contributed by atoms with van der Waals surface area (Å²) in [6.45, 7) is 7.57. The van der Waals surface area contributed by atoms with Crippen LogP contribution in [0.4, 0.5) is 5.69 Å². The first-order valence-corrected chi connectivity index (χ1v) is 6.23. The van der Waals surface area contributed by atoms with Gasteiger partial charge in [0.05, 0.1) is 31.5 Å². The summed E-state index contributed by atoms with van der Waals surface area (Å²) in [6.07, 6.45) is 1.72. The van der Waals surface area contributed by atoms with Gasteiger partial charge in [0.1, 0.15) is 0 Å². The first-order chi connectivity index (χ1) is 8.61. The van der Waals surface area contributed by atoms with E-state index in [1.54, 1.807) is 6.20 Å². The van der Waals surface area contributed by atoms with Crippen molar-refractivity contribution in [3.8, 4) is 5.88 Å². The minimum absolute atomic E-state index is 0.112. The number of hydrogen-bond donors (Lipinski definition) is 1. The molecule has 0 saturated carbocycles. The molecule has 0 atom stereocenters. The molecule has 1 N–H and O–H groups in total. The summed E-state index contributed by atoms with van der Waals surface area (Å²) in [4.78, 5) is 4.20. The van der Waals surface area contributed by atoms with Gasteiger partial charge in [-0.3, -0.25) is 0 Å². The molecule has 0 bridgehead atoms. The van der Waals surface area contributed by atoms with E-state index in [0.29, 0.717) is 25.7 Å². The first kappa shape index (κ1) is 13.1. The number of nitrogens with zero attached hydrogens (tertiary/aromatic N) is 1. The van der Waals surface area contributed by atoms with Gasteiger partial charge in [0, 0.05) is 6.20 Å². The van der Waals surface area contributed by atoms with E-state index in [1.165, 1.54) is 0 Å². The van der Waals surface area contributed by atoms with Crippen LogP contribution < -0.4 is 10.1 Å². The molecule has 18 heavy (non-hydrogen) atoms. The Morgan fingerprint density at radius 2 is 2.17 bits per heavy atom. The van der Waals surface area contributed by atoms with E-state index < -0.39 is 5.79 Å². The monoisotopic (exact) mass is 252 g/mol. The second-order valence-corrected chi connectivity index (χ2v) is 4.65. The molecule has 1 fully saturated rings. The molecule has 5 nitrogen and oxygen atoms in total. The van der Waals surface area contributed by atoms with E-state index in [4.69, 9.17) is 14.2 Å². The molecule has 100 valence electrons. The fourth-order valence-corrected chi connectivity index (χ4v) is 1.75. The van der Waals surface area contributed by atoms with Crippen molar-refractivity contribution in [3.05, 3.63) is 18.3 Å². The topological polar surface area (TPSA) is 52.6 Å². The molecule has 1 aliphatic heterocycles. The van der Waals surface area contributed by atoms with Crippen molar-refractivity contribution in [2.75, 3.05) is 25.1 Å². The highest BCUT2D eigenvalue weighted by Gasteiger charge is 2.28. The number of aromatic nitrogens is 1. The maximum atomic E-state index is 5.60. The molecule has 1 aliphatic rings. The zero-order chi connectivity index (χ0) is 13.0. The van der Waals surface area contributed by atoms with Gasteiger partial charge < -0.3 is 19.5 Å². The van der Waals surface area contributed by atoms with Crippen molar-refractivity contribution in [2.24, 2.45) is 0 Å². The summed E-state index contributed by atoms with van der Waals surface area (Å²) in [7, 11) is 0. The molecule has 0 unspecified atom stereocenters. The lowest BCUT2D eigenvalue weighted by atomic mass is 10.2. The van der Waals surface area contributed by atoms with Gasteiger partial charge in [-0.25, -0.2) is 4.98 Å². The number of ether oxygens (including phenoxy) is 3. The molecule has 0 radical (unpaired) electrons. The average Bonchev–Trinajstić information content (AvgIpc) is 2.35. The Balaban J connectivity index is 1.97. The Morgan fingerprint density at radius 3 is 2.83 bits per heavy atom. The highest BCUT2D eigenvalue weighted by atomic mass is 16.7. The minimum atomic E-state index is -0.490. The van der Waals surface area contributed by atoms with Crippen molar-refractivity contribution in [1.29, 1.82) is 0 Å². The fraction of sp³-hybridized carbons (Fsp3) is 0.615. The number of nitrogens with one attached hydrogen (secondary N) is 1. The first-order valence-electron chi connectivity index (χ1n) is 6.23. The largest absolute Gasteiger partial charge is 0.476 e. The van der Waals surface area contributed by atoms with Crippen LogP contribution in [-0.4, -0.2) is 36.6 Å². The summed E-state index contributed by atoms with van der Waals surface area (Å²) >= 11 is 0. The zero-order valence-electron chi connectivity index (χ0n) is 11.1. The second-order valence-electron chi connectivity index (χ2n) is 4.65. The summed E-state index contributed by atoms with van der Waals surface area (Å²) in [5.41, 5.74) is 0.872. The summed E-state index contributed by atoms with van der Waals surface area (Å²) < 4.78 is 16.7. The highest BCUT2D eigenvalue weighted by Crippen LogP contribution is 2.24. The molecular weight excluding hydrogens is 232 g/mol. The Morgan fingerprint density at radius 1 is 1.44 bits per heavy atom. The van der Waals surface area contributed by atoms with Gasteiger partial charge >= 0.3 is 0 Å². The molecule has 2 heterocycles. The number of pyridine rings is 1. The van der Waals surface area contributed by atoms with Crippen LogP contribution in [0.25, 0.3) is 0 Å². The van der Waals surface area contributed by atoms with E-state index in [9.17, 15) is 0 Å². The average molecular weight is 252 g/mol. The van der Waals surface area contributed by atoms with E-state index in [0.717, 1.165) is 5.69 Å². The molecule has 0 aromatic carbocycles. The van der Waals surface area contributed by atoms with Gasteiger partial charge in [0.25, 0.3) is 0 Å². The van der Waals surface area contributed by atoms with Crippen LogP contribution in [0.15, 0.2) is 18.3 Å². The predicted molar refractivity (Wildman–Crippen MR) is 68.8 cm³/mol. The summed E-state index contributed by atoms with van der Waals surface area (Å²) in [5.74, 6) is 0.125. The molecule has 0 aliphatic carbocycles. The lowest BCUT2D eigenvalue weighted by Gasteiger charge is -2.35. The SMILES string of the molecule is CCOc1ncccc1NC1COC(C)(C)OC1. The van der Waals surface area contributed by atoms with Crippen molar-refractivity contribution in [3.63, 3.8) is 0 Å². The smallest absolute Gasteiger partial charge is 0.237 e. The molecule has 2 rings (SSSR count). The van der Waals surface area contributed by atoms with Gasteiger partial charge in [0.2, 0.25) is 5.88 Å². The fourth-order valence-electron chi connectivity index (χ4n) is 1.75. The second kappa shape index (κ2) is 5.54. The Labute approximate surface area is 107 Å². The lowest BCUT2D eigenvalue weighted by Crippen LogP contribution is -2.45.